The van der Waals surface area contributed by atoms with Gasteiger partial charge < -0.3 is 10.6 Å². The standard InChI is InChI=1S/C13H21BrFN3O2S/c1-3-18(4-2)7-5-6-17-21(19,20)13-9-12(16)10(14)8-11(13)15/h8-9,17H,3-7,16H2,1-2H3. The van der Waals surface area contributed by atoms with Crippen LogP contribution < -0.4 is 10.5 Å². The van der Waals surface area contributed by atoms with E-state index in [9.17, 15) is 12.8 Å². The summed E-state index contributed by atoms with van der Waals surface area (Å²) in [6, 6.07) is 2.17. The second-order valence-corrected chi connectivity index (χ2v) is 7.17. The van der Waals surface area contributed by atoms with Gasteiger partial charge in [0.1, 0.15) is 10.7 Å². The predicted octanol–water partition coefficient (Wildman–Crippen LogP) is 2.18. The van der Waals surface area contributed by atoms with E-state index in [1.54, 1.807) is 0 Å². The topological polar surface area (TPSA) is 75.4 Å². The maximum atomic E-state index is 13.8. The van der Waals surface area contributed by atoms with Gasteiger partial charge in [-0.15, -0.1) is 0 Å². The molecule has 0 unspecified atom stereocenters. The van der Waals surface area contributed by atoms with E-state index >= 15 is 0 Å². The summed E-state index contributed by atoms with van der Waals surface area (Å²) in [4.78, 5) is 1.76. The minimum absolute atomic E-state index is 0.180. The highest BCUT2D eigenvalue weighted by molar-refractivity contribution is 9.10. The van der Waals surface area contributed by atoms with Gasteiger partial charge in [-0.3, -0.25) is 0 Å². The number of nitrogens with zero attached hydrogens (tertiary/aromatic N) is 1. The van der Waals surface area contributed by atoms with E-state index in [4.69, 9.17) is 5.73 Å². The number of nitrogen functional groups attached to an aromatic ring is 1. The van der Waals surface area contributed by atoms with Crippen LogP contribution in [0, 0.1) is 5.82 Å². The molecule has 120 valence electrons. The van der Waals surface area contributed by atoms with E-state index in [-0.39, 0.29) is 12.2 Å². The fourth-order valence-corrected chi connectivity index (χ4v) is 3.36. The molecule has 0 atom stereocenters. The lowest BCUT2D eigenvalue weighted by Crippen LogP contribution is -2.30. The number of rotatable bonds is 8. The summed E-state index contributed by atoms with van der Waals surface area (Å²) in [6.45, 7) is 6.98. The molecule has 0 radical (unpaired) electrons. The highest BCUT2D eigenvalue weighted by Crippen LogP contribution is 2.25. The molecule has 3 N–H and O–H groups in total. The molecule has 8 heteroatoms. The average Bonchev–Trinajstić information content (AvgIpc) is 2.43. The molecule has 0 aliphatic carbocycles. The molecule has 0 bridgehead atoms. The maximum absolute atomic E-state index is 13.8. The van der Waals surface area contributed by atoms with E-state index < -0.39 is 20.7 Å². The van der Waals surface area contributed by atoms with E-state index in [1.807, 2.05) is 13.8 Å². The molecule has 0 aliphatic rings. The van der Waals surface area contributed by atoms with E-state index in [0.29, 0.717) is 10.9 Å². The third kappa shape index (κ3) is 5.21. The Morgan fingerprint density at radius 3 is 2.52 bits per heavy atom. The first kappa shape index (κ1) is 18.3. The van der Waals surface area contributed by atoms with Crippen molar-refractivity contribution in [3.63, 3.8) is 0 Å². The van der Waals surface area contributed by atoms with Gasteiger partial charge in [-0.1, -0.05) is 13.8 Å². The van der Waals surface area contributed by atoms with Crippen LogP contribution in [0.4, 0.5) is 10.1 Å². The van der Waals surface area contributed by atoms with Crippen molar-refractivity contribution in [1.82, 2.24) is 9.62 Å². The molecule has 0 aliphatic heterocycles. The van der Waals surface area contributed by atoms with Crippen LogP contribution in [0.1, 0.15) is 20.3 Å². The Hall–Kier alpha value is -0.700. The molecular formula is C13H21BrFN3O2S. The van der Waals surface area contributed by atoms with Crippen molar-refractivity contribution in [1.29, 1.82) is 0 Å². The smallest absolute Gasteiger partial charge is 0.243 e. The SMILES string of the molecule is CCN(CC)CCCNS(=O)(=O)c1cc(N)c(Br)cc1F. The summed E-state index contributed by atoms with van der Waals surface area (Å²) < 4.78 is 40.6. The molecule has 0 amide bonds. The Bertz CT molecular complexity index is 577. The van der Waals surface area contributed by atoms with E-state index in [2.05, 4.69) is 25.6 Å². The lowest BCUT2D eigenvalue weighted by atomic mass is 10.3. The monoisotopic (exact) mass is 381 g/mol. The van der Waals surface area contributed by atoms with Crippen molar-refractivity contribution >= 4 is 31.6 Å². The van der Waals surface area contributed by atoms with Gasteiger partial charge in [-0.05, 0) is 54.1 Å². The second kappa shape index (κ2) is 8.07. The Labute approximate surface area is 133 Å². The number of nitrogens with two attached hydrogens (primary N) is 1. The van der Waals surface area contributed by atoms with Gasteiger partial charge >= 0.3 is 0 Å². The Kier molecular flexibility index (Phi) is 7.05. The van der Waals surface area contributed by atoms with Gasteiger partial charge in [-0.25, -0.2) is 17.5 Å². The summed E-state index contributed by atoms with van der Waals surface area (Å²) in [7, 11) is -3.89. The van der Waals surface area contributed by atoms with Crippen LogP contribution in [0.5, 0.6) is 0 Å². The van der Waals surface area contributed by atoms with Gasteiger partial charge in [0.05, 0.1) is 0 Å². The molecule has 0 spiro atoms. The van der Waals surface area contributed by atoms with Gasteiger partial charge in [0.2, 0.25) is 10.0 Å². The Balaban J connectivity index is 2.68. The molecule has 0 saturated carbocycles. The Morgan fingerprint density at radius 2 is 1.95 bits per heavy atom. The summed E-state index contributed by atoms with van der Waals surface area (Å²) in [6.07, 6.45) is 0.661. The molecule has 0 aromatic heterocycles. The van der Waals surface area contributed by atoms with Crippen LogP contribution in [-0.2, 0) is 10.0 Å². The van der Waals surface area contributed by atoms with Gasteiger partial charge in [0, 0.05) is 16.7 Å². The highest BCUT2D eigenvalue weighted by atomic mass is 79.9. The highest BCUT2D eigenvalue weighted by Gasteiger charge is 2.20. The predicted molar refractivity (Wildman–Crippen MR) is 86.1 cm³/mol. The minimum Gasteiger partial charge on any atom is -0.398 e. The number of hydrogen-bond donors (Lipinski definition) is 2. The first-order valence-electron chi connectivity index (χ1n) is 6.78. The number of anilines is 1. The first-order valence-corrected chi connectivity index (χ1v) is 9.06. The van der Waals surface area contributed by atoms with Gasteiger partial charge in [-0.2, -0.15) is 0 Å². The molecule has 1 rings (SSSR count). The maximum Gasteiger partial charge on any atom is 0.243 e. The van der Waals surface area contributed by atoms with Crippen LogP contribution in [0.15, 0.2) is 21.5 Å². The molecule has 0 heterocycles. The van der Waals surface area contributed by atoms with Crippen LogP contribution >= 0.6 is 15.9 Å². The number of benzene rings is 1. The number of nitrogens with one attached hydrogen (secondary N) is 1. The van der Waals surface area contributed by atoms with Crippen molar-refractivity contribution < 1.29 is 12.8 Å². The van der Waals surface area contributed by atoms with Gasteiger partial charge in [0.25, 0.3) is 0 Å². The van der Waals surface area contributed by atoms with Crippen molar-refractivity contribution in [2.75, 3.05) is 31.9 Å². The second-order valence-electron chi connectivity index (χ2n) is 4.58. The summed E-state index contributed by atoms with van der Waals surface area (Å²) in [5.41, 5.74) is 5.78. The van der Waals surface area contributed by atoms with E-state index in [1.165, 1.54) is 0 Å². The lowest BCUT2D eigenvalue weighted by molar-refractivity contribution is 0.300. The van der Waals surface area contributed by atoms with E-state index in [0.717, 1.165) is 31.8 Å². The molecule has 5 nitrogen and oxygen atoms in total. The summed E-state index contributed by atoms with van der Waals surface area (Å²) >= 11 is 3.06. The third-order valence-electron chi connectivity index (χ3n) is 3.18. The van der Waals surface area contributed by atoms with Crippen molar-refractivity contribution in [2.24, 2.45) is 0 Å². The third-order valence-corrected chi connectivity index (χ3v) is 5.34. The molecule has 0 fully saturated rings. The van der Waals surface area contributed by atoms with Gasteiger partial charge in [0.15, 0.2) is 0 Å². The number of hydrogen-bond acceptors (Lipinski definition) is 4. The molecule has 1 aromatic rings. The minimum atomic E-state index is -3.89. The van der Waals surface area contributed by atoms with Crippen LogP contribution in [0.3, 0.4) is 0 Å². The van der Waals surface area contributed by atoms with Crippen molar-refractivity contribution in [2.45, 2.75) is 25.2 Å². The van der Waals surface area contributed by atoms with Crippen molar-refractivity contribution in [3.05, 3.63) is 22.4 Å². The van der Waals surface area contributed by atoms with Crippen LogP contribution in [0.2, 0.25) is 0 Å². The summed E-state index contributed by atoms with van der Waals surface area (Å²) in [5.74, 6) is -0.827. The normalized spacial score (nSPS) is 12.0. The van der Waals surface area contributed by atoms with Crippen LogP contribution in [0.25, 0.3) is 0 Å². The summed E-state index contributed by atoms with van der Waals surface area (Å²) in [5, 5.41) is 0. The van der Waals surface area contributed by atoms with Crippen LogP contribution in [-0.4, -0.2) is 39.5 Å². The molecule has 21 heavy (non-hydrogen) atoms. The quantitative estimate of drug-likeness (QED) is 0.534. The molecule has 0 saturated heterocycles. The number of sulfonamides is 1. The lowest BCUT2D eigenvalue weighted by Gasteiger charge is -2.17. The zero-order valence-electron chi connectivity index (χ0n) is 12.2. The zero-order valence-corrected chi connectivity index (χ0v) is 14.6. The van der Waals surface area contributed by atoms with Crippen molar-refractivity contribution in [3.8, 4) is 0 Å². The average molecular weight is 382 g/mol. The fraction of sp³-hybridized carbons (Fsp3) is 0.538. The zero-order chi connectivity index (χ0) is 16.0. The number of halogens is 2. The first-order chi connectivity index (χ1) is 9.81. The molecule has 1 aromatic carbocycles. The Morgan fingerprint density at radius 1 is 1.33 bits per heavy atom. The molecular weight excluding hydrogens is 361 g/mol. The largest absolute Gasteiger partial charge is 0.398 e. The fourth-order valence-electron chi connectivity index (χ4n) is 1.88.